The second-order valence-corrected chi connectivity index (χ2v) is 5.17. The molecule has 0 spiro atoms. The summed E-state index contributed by atoms with van der Waals surface area (Å²) in [5.41, 5.74) is 0.843. The molecule has 0 aromatic carbocycles. The normalized spacial score (nSPS) is 11.2. The Labute approximate surface area is 123 Å². The topological polar surface area (TPSA) is 59.3 Å². The van der Waals surface area contributed by atoms with Crippen LogP contribution >= 0.6 is 22.9 Å². The summed E-state index contributed by atoms with van der Waals surface area (Å²) < 4.78 is 1.91. The summed E-state index contributed by atoms with van der Waals surface area (Å²) >= 11 is 7.29. The number of hydrogen-bond acceptors (Lipinski definition) is 4. The number of fused-ring (bicyclic) bond motifs is 1. The van der Waals surface area contributed by atoms with E-state index < -0.39 is 0 Å². The molecule has 1 amide bonds. The fourth-order valence-corrected chi connectivity index (χ4v) is 2.54. The van der Waals surface area contributed by atoms with E-state index in [1.807, 2.05) is 16.0 Å². The molecule has 3 aromatic rings. The maximum atomic E-state index is 11.8. The Hall–Kier alpha value is -2.18. The zero-order chi connectivity index (χ0) is 13.9. The Morgan fingerprint density at radius 2 is 2.35 bits per heavy atom. The van der Waals surface area contributed by atoms with Gasteiger partial charge < -0.3 is 5.32 Å². The van der Waals surface area contributed by atoms with Crippen LogP contribution in [0.25, 0.3) is 11.0 Å². The molecule has 0 radical (unpaired) electrons. The van der Waals surface area contributed by atoms with E-state index in [1.165, 1.54) is 17.4 Å². The summed E-state index contributed by atoms with van der Waals surface area (Å²) in [6.07, 6.45) is 6.76. The zero-order valence-corrected chi connectivity index (χ0v) is 11.7. The molecule has 100 valence electrons. The van der Waals surface area contributed by atoms with Crippen LogP contribution in [0.1, 0.15) is 5.69 Å². The highest BCUT2D eigenvalue weighted by molar-refractivity contribution is 7.15. The maximum Gasteiger partial charge on any atom is 0.249 e. The number of imidazole rings is 1. The van der Waals surface area contributed by atoms with E-state index in [2.05, 4.69) is 15.3 Å². The lowest BCUT2D eigenvalue weighted by molar-refractivity contribution is -0.111. The van der Waals surface area contributed by atoms with Gasteiger partial charge in [-0.1, -0.05) is 17.7 Å². The molecule has 0 aliphatic heterocycles. The van der Waals surface area contributed by atoms with E-state index in [0.29, 0.717) is 11.0 Å². The summed E-state index contributed by atoms with van der Waals surface area (Å²) in [5, 5.41) is 4.91. The molecule has 3 rings (SSSR count). The third kappa shape index (κ3) is 2.71. The molecule has 0 atom stereocenters. The van der Waals surface area contributed by atoms with Crippen molar-refractivity contribution in [3.8, 4) is 0 Å². The average molecular weight is 305 g/mol. The van der Waals surface area contributed by atoms with Crippen molar-refractivity contribution in [2.24, 2.45) is 0 Å². The number of nitrogens with zero attached hydrogens (tertiary/aromatic N) is 3. The minimum absolute atomic E-state index is 0.273. The molecule has 0 bridgehead atoms. The number of amides is 1. The molecule has 3 aromatic heterocycles. The Balaban J connectivity index is 1.73. The minimum Gasteiger partial charge on any atom is -0.307 e. The molecular formula is C13H9ClN4OS. The highest BCUT2D eigenvalue weighted by atomic mass is 35.5. The predicted octanol–water partition coefficient (Wildman–Crippen LogP) is 3.10. The second-order valence-electron chi connectivity index (χ2n) is 3.91. The second kappa shape index (κ2) is 5.44. The Kier molecular flexibility index (Phi) is 3.49. The van der Waals surface area contributed by atoms with E-state index in [4.69, 9.17) is 11.6 Å². The van der Waals surface area contributed by atoms with Gasteiger partial charge in [0, 0.05) is 17.7 Å². The Morgan fingerprint density at radius 3 is 3.20 bits per heavy atom. The lowest BCUT2D eigenvalue weighted by atomic mass is 10.4. The predicted molar refractivity (Wildman–Crippen MR) is 80.0 cm³/mol. The van der Waals surface area contributed by atoms with Crippen LogP contribution in [0.5, 0.6) is 0 Å². The first-order chi connectivity index (χ1) is 9.72. The van der Waals surface area contributed by atoms with Crippen LogP contribution in [0.2, 0.25) is 5.15 Å². The van der Waals surface area contributed by atoms with Crippen LogP contribution in [0.15, 0.2) is 42.0 Å². The smallest absolute Gasteiger partial charge is 0.249 e. The van der Waals surface area contributed by atoms with Gasteiger partial charge in [0.2, 0.25) is 5.91 Å². The summed E-state index contributed by atoms with van der Waals surface area (Å²) in [7, 11) is 0. The molecule has 0 unspecified atom stereocenters. The third-order valence-electron chi connectivity index (χ3n) is 2.55. The summed E-state index contributed by atoms with van der Waals surface area (Å²) in [6, 6.07) is 5.04. The van der Waals surface area contributed by atoms with Gasteiger partial charge in [0.05, 0.1) is 11.9 Å². The van der Waals surface area contributed by atoms with E-state index in [-0.39, 0.29) is 5.91 Å². The summed E-state index contributed by atoms with van der Waals surface area (Å²) in [6.45, 7) is 0. The maximum absolute atomic E-state index is 11.8. The van der Waals surface area contributed by atoms with Crippen molar-refractivity contribution in [1.29, 1.82) is 0 Å². The fourth-order valence-electron chi connectivity index (χ4n) is 1.68. The number of rotatable bonds is 3. The molecule has 3 heterocycles. The monoisotopic (exact) mass is 304 g/mol. The standard InChI is InChI=1S/C13H9ClN4OS/c14-10-2-1-3-11(16-10)17-12(19)5-4-9-8-15-13-18(9)6-7-20-13/h1-8H,(H,16,17,19)/b5-4+. The number of halogens is 1. The quantitative estimate of drug-likeness (QED) is 0.597. The van der Waals surface area contributed by atoms with Crippen LogP contribution in [-0.4, -0.2) is 20.3 Å². The van der Waals surface area contributed by atoms with Crippen molar-refractivity contribution in [2.45, 2.75) is 0 Å². The lowest BCUT2D eigenvalue weighted by Crippen LogP contribution is -2.09. The number of carbonyl (C=O) groups is 1. The number of hydrogen-bond donors (Lipinski definition) is 1. The molecule has 7 heteroatoms. The first kappa shape index (κ1) is 12.8. The molecule has 1 N–H and O–H groups in total. The molecular weight excluding hydrogens is 296 g/mol. The molecule has 0 fully saturated rings. The first-order valence-electron chi connectivity index (χ1n) is 5.74. The van der Waals surface area contributed by atoms with Crippen LogP contribution in [-0.2, 0) is 4.79 Å². The fraction of sp³-hybridized carbons (Fsp3) is 0. The first-order valence-corrected chi connectivity index (χ1v) is 7.00. The average Bonchev–Trinajstić information content (AvgIpc) is 2.99. The minimum atomic E-state index is -0.273. The van der Waals surface area contributed by atoms with Gasteiger partial charge in [-0.15, -0.1) is 11.3 Å². The number of thiazole rings is 1. The van der Waals surface area contributed by atoms with Crippen molar-refractivity contribution >= 4 is 45.7 Å². The summed E-state index contributed by atoms with van der Waals surface area (Å²) in [4.78, 5) is 20.9. The van der Waals surface area contributed by atoms with Crippen molar-refractivity contribution in [1.82, 2.24) is 14.4 Å². The van der Waals surface area contributed by atoms with E-state index in [1.54, 1.807) is 30.5 Å². The van der Waals surface area contributed by atoms with Gasteiger partial charge in [-0.3, -0.25) is 9.20 Å². The van der Waals surface area contributed by atoms with Gasteiger partial charge in [0.25, 0.3) is 0 Å². The van der Waals surface area contributed by atoms with Gasteiger partial charge >= 0.3 is 0 Å². The van der Waals surface area contributed by atoms with Crippen molar-refractivity contribution in [3.05, 3.63) is 52.9 Å². The van der Waals surface area contributed by atoms with Gasteiger partial charge in [-0.25, -0.2) is 9.97 Å². The number of pyridine rings is 1. The van der Waals surface area contributed by atoms with Crippen molar-refractivity contribution < 1.29 is 4.79 Å². The van der Waals surface area contributed by atoms with Crippen LogP contribution in [0.3, 0.4) is 0 Å². The Morgan fingerprint density at radius 1 is 1.45 bits per heavy atom. The number of carbonyl (C=O) groups excluding carboxylic acids is 1. The van der Waals surface area contributed by atoms with Gasteiger partial charge in [0.1, 0.15) is 11.0 Å². The number of anilines is 1. The SMILES string of the molecule is O=C(/C=C/c1cnc2sccn12)Nc1cccc(Cl)n1. The van der Waals surface area contributed by atoms with Crippen LogP contribution in [0, 0.1) is 0 Å². The van der Waals surface area contributed by atoms with Crippen LogP contribution in [0.4, 0.5) is 5.82 Å². The summed E-state index contributed by atoms with van der Waals surface area (Å²) in [5.74, 6) is 0.145. The van der Waals surface area contributed by atoms with Crippen molar-refractivity contribution in [2.75, 3.05) is 5.32 Å². The van der Waals surface area contributed by atoms with Gasteiger partial charge in [0.15, 0.2) is 4.96 Å². The molecule has 0 saturated heterocycles. The highest BCUT2D eigenvalue weighted by Crippen LogP contribution is 2.14. The van der Waals surface area contributed by atoms with E-state index in [0.717, 1.165) is 10.7 Å². The molecule has 0 aliphatic carbocycles. The van der Waals surface area contributed by atoms with E-state index in [9.17, 15) is 4.79 Å². The Bertz CT molecular complexity index is 792. The van der Waals surface area contributed by atoms with Gasteiger partial charge in [-0.2, -0.15) is 0 Å². The number of nitrogens with one attached hydrogen (secondary N) is 1. The molecule has 0 aliphatic rings. The van der Waals surface area contributed by atoms with Crippen molar-refractivity contribution in [3.63, 3.8) is 0 Å². The number of aromatic nitrogens is 3. The third-order valence-corrected chi connectivity index (χ3v) is 3.53. The van der Waals surface area contributed by atoms with Crippen LogP contribution < -0.4 is 5.32 Å². The largest absolute Gasteiger partial charge is 0.307 e. The molecule has 20 heavy (non-hydrogen) atoms. The zero-order valence-electron chi connectivity index (χ0n) is 10.2. The van der Waals surface area contributed by atoms with Gasteiger partial charge in [-0.05, 0) is 18.2 Å². The molecule has 5 nitrogen and oxygen atoms in total. The molecule has 0 saturated carbocycles. The van der Waals surface area contributed by atoms with E-state index >= 15 is 0 Å². The highest BCUT2D eigenvalue weighted by Gasteiger charge is 2.03. The lowest BCUT2D eigenvalue weighted by Gasteiger charge is -2.00.